The van der Waals surface area contributed by atoms with Crippen LogP contribution in [0.5, 0.6) is 0 Å². The Hall–Kier alpha value is -1.40. The molecule has 0 heterocycles. The maximum Gasteiger partial charge on any atom is 0.361 e. The van der Waals surface area contributed by atoms with Crippen molar-refractivity contribution in [2.75, 3.05) is 5.43 Å². The first kappa shape index (κ1) is 12.7. The molecule has 5 nitrogen and oxygen atoms in total. The Balaban J connectivity index is 2.81. The predicted molar refractivity (Wildman–Crippen MR) is 63.7 cm³/mol. The van der Waals surface area contributed by atoms with Gasteiger partial charge < -0.3 is 5.11 Å². The number of nitrogens with one attached hydrogen (secondary N) is 1. The number of carbonyl (C=O) groups excluding carboxylic acids is 1. The molecule has 1 aromatic carbocycles. The van der Waals surface area contributed by atoms with Crippen molar-refractivity contribution in [3.05, 3.63) is 28.7 Å². The standard InChI is InChI=1S/C9H6BrClN2O3/c10-5-1-3-6(4-2-5)12-13-7(8(11)14)9(15)16/h1-4,12H,(H,15,16). The van der Waals surface area contributed by atoms with E-state index in [9.17, 15) is 9.59 Å². The summed E-state index contributed by atoms with van der Waals surface area (Å²) in [6.07, 6.45) is 0. The third-order valence-electron chi connectivity index (χ3n) is 1.53. The van der Waals surface area contributed by atoms with Crippen molar-refractivity contribution in [3.63, 3.8) is 0 Å². The first-order chi connectivity index (χ1) is 7.50. The molecule has 0 atom stereocenters. The molecule has 7 heteroatoms. The van der Waals surface area contributed by atoms with Gasteiger partial charge in [-0.2, -0.15) is 5.10 Å². The fourth-order valence-electron chi connectivity index (χ4n) is 0.821. The highest BCUT2D eigenvalue weighted by Gasteiger charge is 2.17. The highest BCUT2D eigenvalue weighted by atomic mass is 79.9. The van der Waals surface area contributed by atoms with Crippen LogP contribution in [0.4, 0.5) is 5.69 Å². The Morgan fingerprint density at radius 2 is 1.88 bits per heavy atom. The molecule has 84 valence electrons. The number of carboxylic acids is 1. The second-order valence-electron chi connectivity index (χ2n) is 2.66. The second-order valence-corrected chi connectivity index (χ2v) is 3.92. The number of carboxylic acid groups (broad SMARTS) is 1. The molecule has 0 unspecified atom stereocenters. The molecule has 0 saturated heterocycles. The molecule has 0 radical (unpaired) electrons. The molecule has 2 N–H and O–H groups in total. The summed E-state index contributed by atoms with van der Waals surface area (Å²) >= 11 is 8.27. The molecule has 0 aliphatic heterocycles. The number of rotatable bonds is 4. The molecule has 0 aromatic heterocycles. The summed E-state index contributed by atoms with van der Waals surface area (Å²) in [4.78, 5) is 21.2. The van der Waals surface area contributed by atoms with E-state index in [0.29, 0.717) is 5.69 Å². The number of carbonyl (C=O) groups is 2. The fourth-order valence-corrected chi connectivity index (χ4v) is 1.21. The minimum absolute atomic E-state index is 0.542. The average Bonchev–Trinajstić information content (AvgIpc) is 2.20. The summed E-state index contributed by atoms with van der Waals surface area (Å²) in [7, 11) is 0. The van der Waals surface area contributed by atoms with Gasteiger partial charge in [0.1, 0.15) is 0 Å². The zero-order chi connectivity index (χ0) is 12.1. The van der Waals surface area contributed by atoms with Crippen LogP contribution >= 0.6 is 27.5 Å². The highest BCUT2D eigenvalue weighted by Crippen LogP contribution is 2.13. The van der Waals surface area contributed by atoms with Gasteiger partial charge in [-0.3, -0.25) is 10.2 Å². The summed E-state index contributed by atoms with van der Waals surface area (Å²) in [6.45, 7) is 0. The molecule has 0 bridgehead atoms. The van der Waals surface area contributed by atoms with Crippen molar-refractivity contribution in [3.8, 4) is 0 Å². The lowest BCUT2D eigenvalue weighted by atomic mass is 10.3. The number of nitrogens with zero attached hydrogens (tertiary/aromatic N) is 1. The molecule has 1 rings (SSSR count). The zero-order valence-electron chi connectivity index (χ0n) is 7.78. The average molecular weight is 306 g/mol. The minimum atomic E-state index is -1.48. The number of halogens is 2. The summed E-state index contributed by atoms with van der Waals surface area (Å²) < 4.78 is 0.869. The van der Waals surface area contributed by atoms with Gasteiger partial charge in [-0.25, -0.2) is 4.79 Å². The number of aliphatic carboxylic acids is 1. The maximum atomic E-state index is 10.7. The lowest BCUT2D eigenvalue weighted by Gasteiger charge is -2.00. The van der Waals surface area contributed by atoms with E-state index in [1.165, 1.54) is 0 Å². The van der Waals surface area contributed by atoms with Gasteiger partial charge in [0, 0.05) is 4.47 Å². The van der Waals surface area contributed by atoms with E-state index in [2.05, 4.69) is 26.5 Å². The first-order valence-corrected chi connectivity index (χ1v) is 5.20. The van der Waals surface area contributed by atoms with E-state index in [1.54, 1.807) is 24.3 Å². The van der Waals surface area contributed by atoms with E-state index >= 15 is 0 Å². The van der Waals surface area contributed by atoms with E-state index in [-0.39, 0.29) is 0 Å². The summed E-state index contributed by atoms with van der Waals surface area (Å²) in [6, 6.07) is 6.79. The summed E-state index contributed by atoms with van der Waals surface area (Å²) in [5, 5.41) is 10.8. The van der Waals surface area contributed by atoms with E-state index < -0.39 is 16.9 Å². The lowest BCUT2D eigenvalue weighted by molar-refractivity contribution is -0.129. The van der Waals surface area contributed by atoms with Crippen molar-refractivity contribution in [2.24, 2.45) is 5.10 Å². The van der Waals surface area contributed by atoms with Crippen molar-refractivity contribution < 1.29 is 14.7 Å². The second kappa shape index (κ2) is 5.62. The predicted octanol–water partition coefficient (Wildman–Crippen LogP) is 2.07. The molecule has 0 fully saturated rings. The number of benzene rings is 1. The highest BCUT2D eigenvalue weighted by molar-refractivity contribution is 9.10. The number of anilines is 1. The Kier molecular flexibility index (Phi) is 4.45. The monoisotopic (exact) mass is 304 g/mol. The molecule has 0 aliphatic rings. The van der Waals surface area contributed by atoms with Gasteiger partial charge in [-0.05, 0) is 35.9 Å². The van der Waals surface area contributed by atoms with Crippen LogP contribution < -0.4 is 5.43 Å². The van der Waals surface area contributed by atoms with Gasteiger partial charge in [0.05, 0.1) is 5.69 Å². The van der Waals surface area contributed by atoms with Gasteiger partial charge in [0.2, 0.25) is 5.71 Å². The largest absolute Gasteiger partial charge is 0.476 e. The molecule has 0 spiro atoms. The topological polar surface area (TPSA) is 78.8 Å². The molecule has 0 aliphatic carbocycles. The number of hydrogen-bond acceptors (Lipinski definition) is 4. The number of hydrazone groups is 1. The lowest BCUT2D eigenvalue weighted by Crippen LogP contribution is -2.21. The van der Waals surface area contributed by atoms with Crippen molar-refractivity contribution in [1.82, 2.24) is 0 Å². The molecule has 16 heavy (non-hydrogen) atoms. The van der Waals surface area contributed by atoms with Crippen LogP contribution in [0.1, 0.15) is 0 Å². The van der Waals surface area contributed by atoms with Crippen LogP contribution in [0.15, 0.2) is 33.8 Å². The van der Waals surface area contributed by atoms with Crippen molar-refractivity contribution >= 4 is 50.1 Å². The van der Waals surface area contributed by atoms with Crippen molar-refractivity contribution in [2.45, 2.75) is 0 Å². The normalized spacial score (nSPS) is 11.0. The van der Waals surface area contributed by atoms with E-state index in [0.717, 1.165) is 4.47 Å². The summed E-state index contributed by atoms with van der Waals surface area (Å²) in [5.74, 6) is -1.48. The smallest absolute Gasteiger partial charge is 0.361 e. The van der Waals surface area contributed by atoms with Crippen LogP contribution in [0.3, 0.4) is 0 Å². The number of hydrogen-bond donors (Lipinski definition) is 2. The zero-order valence-corrected chi connectivity index (χ0v) is 10.1. The quantitative estimate of drug-likeness (QED) is 0.386. The van der Waals surface area contributed by atoms with Gasteiger partial charge in [0.25, 0.3) is 5.24 Å². The van der Waals surface area contributed by atoms with Crippen LogP contribution in [0, 0.1) is 0 Å². The van der Waals surface area contributed by atoms with Crippen LogP contribution in [0.25, 0.3) is 0 Å². The van der Waals surface area contributed by atoms with E-state index in [1.807, 2.05) is 0 Å². The van der Waals surface area contributed by atoms with Crippen LogP contribution in [-0.4, -0.2) is 22.0 Å². The van der Waals surface area contributed by atoms with Gasteiger partial charge >= 0.3 is 5.97 Å². The van der Waals surface area contributed by atoms with E-state index in [4.69, 9.17) is 16.7 Å². The Labute approximate surface area is 104 Å². The SMILES string of the molecule is O=C(O)C(=NNc1ccc(Br)cc1)C(=O)Cl. The molecular weight excluding hydrogens is 299 g/mol. The molecule has 0 saturated carbocycles. The Morgan fingerprint density at radius 1 is 1.31 bits per heavy atom. The molecule has 1 aromatic rings. The first-order valence-electron chi connectivity index (χ1n) is 4.03. The Morgan fingerprint density at radius 3 is 2.31 bits per heavy atom. The summed E-state index contributed by atoms with van der Waals surface area (Å²) in [5.41, 5.74) is 2.20. The minimum Gasteiger partial charge on any atom is -0.476 e. The van der Waals surface area contributed by atoms with Crippen molar-refractivity contribution in [1.29, 1.82) is 0 Å². The third kappa shape index (κ3) is 3.63. The fraction of sp³-hybridized carbons (Fsp3) is 0. The van der Waals surface area contributed by atoms with Crippen LogP contribution in [-0.2, 0) is 9.59 Å². The van der Waals surface area contributed by atoms with Crippen LogP contribution in [0.2, 0.25) is 0 Å². The Bertz CT molecular complexity index is 429. The van der Waals surface area contributed by atoms with Gasteiger partial charge in [0.15, 0.2) is 0 Å². The maximum absolute atomic E-state index is 10.7. The third-order valence-corrected chi connectivity index (χ3v) is 2.24. The van der Waals surface area contributed by atoms with Gasteiger partial charge in [-0.1, -0.05) is 15.9 Å². The molecule has 0 amide bonds. The molecular formula is C9H6BrClN2O3. The van der Waals surface area contributed by atoms with Gasteiger partial charge in [-0.15, -0.1) is 0 Å².